The van der Waals surface area contributed by atoms with E-state index in [1.165, 1.54) is 20.1 Å². The summed E-state index contributed by atoms with van der Waals surface area (Å²) in [4.78, 5) is 0. The second kappa shape index (κ2) is 8.33. The zero-order valence-corrected chi connectivity index (χ0v) is 14.5. The van der Waals surface area contributed by atoms with Crippen molar-refractivity contribution in [1.82, 2.24) is 0 Å². The Kier molecular flexibility index (Phi) is 5.63. The molecule has 0 bridgehead atoms. The maximum atomic E-state index is 2.25. The molecule has 0 unspecified atom stereocenters. The Labute approximate surface area is 144 Å². The third kappa shape index (κ3) is 4.82. The van der Waals surface area contributed by atoms with Gasteiger partial charge < -0.3 is 0 Å². The van der Waals surface area contributed by atoms with Crippen molar-refractivity contribution in [2.24, 2.45) is 0 Å². The normalized spacial score (nSPS) is 11.7. The number of hydrogen-bond acceptors (Lipinski definition) is 0. The van der Waals surface area contributed by atoms with E-state index in [0.29, 0.717) is 15.0 Å². The summed E-state index contributed by atoms with van der Waals surface area (Å²) in [7, 11) is 0. The molecule has 0 atom stereocenters. The van der Waals surface area contributed by atoms with Gasteiger partial charge in [-0.05, 0) is 0 Å². The molecule has 23 heavy (non-hydrogen) atoms. The molecule has 0 aromatic heterocycles. The fourth-order valence-electron chi connectivity index (χ4n) is 2.22. The van der Waals surface area contributed by atoms with Crippen LogP contribution in [0.2, 0.25) is 0 Å². The number of allylic oxidation sites excluding steroid dienone is 2. The Morgan fingerprint density at radius 1 is 0.652 bits per heavy atom. The van der Waals surface area contributed by atoms with E-state index in [2.05, 4.69) is 103 Å². The van der Waals surface area contributed by atoms with Gasteiger partial charge in [0.25, 0.3) is 0 Å². The van der Waals surface area contributed by atoms with Gasteiger partial charge in [-0.3, -0.25) is 0 Å². The number of benzene rings is 3. The summed E-state index contributed by atoms with van der Waals surface area (Å²) in [6.45, 7) is 0. The van der Waals surface area contributed by atoms with E-state index in [0.717, 1.165) is 0 Å². The average Bonchev–Trinajstić information content (AvgIpc) is 2.63. The molecule has 3 rings (SSSR count). The minimum atomic E-state index is 0.295. The van der Waals surface area contributed by atoms with Gasteiger partial charge in [0.2, 0.25) is 0 Å². The Balaban J connectivity index is 1.86. The molecule has 0 heterocycles. The third-order valence-electron chi connectivity index (χ3n) is 3.37. The van der Waals surface area contributed by atoms with Crippen molar-refractivity contribution in [3.63, 3.8) is 0 Å². The van der Waals surface area contributed by atoms with E-state index in [4.69, 9.17) is 0 Å². The quantitative estimate of drug-likeness (QED) is 0.454. The van der Waals surface area contributed by atoms with Crippen molar-refractivity contribution < 1.29 is 0 Å². The zero-order chi connectivity index (χ0) is 15.7. The number of rotatable bonds is 5. The molecule has 0 aliphatic carbocycles. The molecule has 112 valence electrons. The van der Waals surface area contributed by atoms with Crippen molar-refractivity contribution in [3.05, 3.63) is 114 Å². The molecule has 0 aliphatic heterocycles. The fraction of sp³-hybridized carbons (Fsp3) is 0. The number of hydrogen-bond donors (Lipinski definition) is 0. The predicted molar refractivity (Wildman–Crippen MR) is 102 cm³/mol. The SMILES string of the molecule is C(/C=C/c1ccccc1)=C(/[Se]c1ccccc1)c1ccccc1. The molecule has 0 saturated heterocycles. The Morgan fingerprint density at radius 3 is 1.87 bits per heavy atom. The van der Waals surface area contributed by atoms with Crippen molar-refractivity contribution in [1.29, 1.82) is 0 Å². The summed E-state index contributed by atoms with van der Waals surface area (Å²) in [6.07, 6.45) is 6.56. The van der Waals surface area contributed by atoms with Gasteiger partial charge in [-0.15, -0.1) is 0 Å². The molecular formula is C22H18Se. The summed E-state index contributed by atoms with van der Waals surface area (Å²) in [6, 6.07) is 31.8. The van der Waals surface area contributed by atoms with Crippen LogP contribution in [0.4, 0.5) is 0 Å². The minimum absolute atomic E-state index is 0.295. The second-order valence-electron chi connectivity index (χ2n) is 5.08. The predicted octanol–water partition coefficient (Wildman–Crippen LogP) is 4.77. The van der Waals surface area contributed by atoms with E-state index >= 15 is 0 Å². The molecule has 0 aliphatic rings. The van der Waals surface area contributed by atoms with Gasteiger partial charge in [-0.2, -0.15) is 0 Å². The summed E-state index contributed by atoms with van der Waals surface area (Å²) in [5.74, 6) is 0. The van der Waals surface area contributed by atoms with Crippen LogP contribution < -0.4 is 4.46 Å². The molecule has 0 nitrogen and oxygen atoms in total. The monoisotopic (exact) mass is 362 g/mol. The van der Waals surface area contributed by atoms with Gasteiger partial charge in [0, 0.05) is 0 Å². The first-order valence-corrected chi connectivity index (χ1v) is 9.35. The van der Waals surface area contributed by atoms with E-state index < -0.39 is 0 Å². The van der Waals surface area contributed by atoms with E-state index in [1.807, 2.05) is 6.07 Å². The van der Waals surface area contributed by atoms with E-state index in [-0.39, 0.29) is 0 Å². The van der Waals surface area contributed by atoms with Crippen molar-refractivity contribution in [3.8, 4) is 0 Å². The van der Waals surface area contributed by atoms with Crippen LogP contribution in [0.5, 0.6) is 0 Å². The molecule has 0 spiro atoms. The van der Waals surface area contributed by atoms with Gasteiger partial charge in [0.1, 0.15) is 0 Å². The standard InChI is InChI=1S/C22H18Se/c1-4-11-19(12-5-1)13-10-18-22(20-14-6-2-7-15-20)23-21-16-8-3-9-17-21/h1-18H/b13-10+,22-18-. The molecule has 0 amide bonds. The van der Waals surface area contributed by atoms with Crippen LogP contribution in [0.1, 0.15) is 11.1 Å². The van der Waals surface area contributed by atoms with Crippen molar-refractivity contribution in [2.75, 3.05) is 0 Å². The van der Waals surface area contributed by atoms with Gasteiger partial charge in [-0.1, -0.05) is 0 Å². The second-order valence-corrected chi connectivity index (χ2v) is 7.42. The molecular weight excluding hydrogens is 343 g/mol. The summed E-state index contributed by atoms with van der Waals surface area (Å²) in [5, 5.41) is 0. The van der Waals surface area contributed by atoms with Crippen molar-refractivity contribution in [2.45, 2.75) is 0 Å². The van der Waals surface area contributed by atoms with Crippen molar-refractivity contribution >= 4 is 30.0 Å². The van der Waals surface area contributed by atoms with Crippen LogP contribution in [0.25, 0.3) is 10.5 Å². The summed E-state index contributed by atoms with van der Waals surface area (Å²) < 4.78 is 2.78. The first kappa shape index (κ1) is 15.6. The molecule has 0 N–H and O–H groups in total. The molecule has 0 radical (unpaired) electrons. The topological polar surface area (TPSA) is 0 Å². The van der Waals surface area contributed by atoms with Crippen LogP contribution in [0.15, 0.2) is 103 Å². The summed E-state index contributed by atoms with van der Waals surface area (Å²) in [5.41, 5.74) is 2.53. The maximum absolute atomic E-state index is 2.25. The molecule has 0 saturated carbocycles. The van der Waals surface area contributed by atoms with Gasteiger partial charge >= 0.3 is 144 Å². The first-order chi connectivity index (χ1) is 11.4. The average molecular weight is 361 g/mol. The summed E-state index contributed by atoms with van der Waals surface area (Å²) >= 11 is 0.295. The zero-order valence-electron chi connectivity index (χ0n) is 12.8. The molecule has 3 aromatic carbocycles. The van der Waals surface area contributed by atoms with Crippen LogP contribution in [-0.2, 0) is 0 Å². The van der Waals surface area contributed by atoms with Gasteiger partial charge in [0.15, 0.2) is 0 Å². The third-order valence-corrected chi connectivity index (χ3v) is 5.67. The van der Waals surface area contributed by atoms with Gasteiger partial charge in [0.05, 0.1) is 0 Å². The van der Waals surface area contributed by atoms with Crippen LogP contribution >= 0.6 is 0 Å². The fourth-order valence-corrected chi connectivity index (χ4v) is 4.21. The molecule has 0 fully saturated rings. The molecule has 3 aromatic rings. The van der Waals surface area contributed by atoms with E-state index in [1.54, 1.807) is 0 Å². The Hall–Kier alpha value is -2.34. The van der Waals surface area contributed by atoms with E-state index in [9.17, 15) is 0 Å². The first-order valence-electron chi connectivity index (χ1n) is 7.63. The van der Waals surface area contributed by atoms with Gasteiger partial charge in [-0.25, -0.2) is 0 Å². The van der Waals surface area contributed by atoms with Crippen LogP contribution in [-0.4, -0.2) is 15.0 Å². The van der Waals surface area contributed by atoms with Crippen LogP contribution in [0, 0.1) is 0 Å². The Morgan fingerprint density at radius 2 is 1.22 bits per heavy atom. The molecule has 1 heteroatoms. The Bertz CT molecular complexity index is 772. The van der Waals surface area contributed by atoms with Crippen LogP contribution in [0.3, 0.4) is 0 Å².